The summed E-state index contributed by atoms with van der Waals surface area (Å²) in [5, 5.41) is 12.9. The number of aliphatic hydroxyl groups is 1. The molecular formula is C17H23NO3. The predicted molar refractivity (Wildman–Crippen MR) is 81.7 cm³/mol. The second kappa shape index (κ2) is 6.50. The molecule has 0 aromatic heterocycles. The van der Waals surface area contributed by atoms with E-state index in [-0.39, 0.29) is 12.6 Å². The van der Waals surface area contributed by atoms with Crippen LogP contribution in [0, 0.1) is 5.92 Å². The largest absolute Gasteiger partial charge is 0.486 e. The van der Waals surface area contributed by atoms with Crippen molar-refractivity contribution >= 4 is 0 Å². The average Bonchev–Trinajstić information content (AvgIpc) is 3.00. The number of benzene rings is 1. The molecule has 0 saturated carbocycles. The Kier molecular flexibility index (Phi) is 4.46. The monoisotopic (exact) mass is 289 g/mol. The van der Waals surface area contributed by atoms with Gasteiger partial charge in [-0.05, 0) is 30.5 Å². The van der Waals surface area contributed by atoms with Crippen LogP contribution >= 0.6 is 0 Å². The normalized spacial score (nSPS) is 25.0. The number of ether oxygens (including phenoxy) is 2. The van der Waals surface area contributed by atoms with Gasteiger partial charge in [-0.1, -0.05) is 25.1 Å². The molecule has 0 spiro atoms. The first kappa shape index (κ1) is 14.4. The number of nitrogens with one attached hydrogen (secondary N) is 1. The lowest BCUT2D eigenvalue weighted by Crippen LogP contribution is -2.30. The summed E-state index contributed by atoms with van der Waals surface area (Å²) in [7, 11) is 0. The highest BCUT2D eigenvalue weighted by Gasteiger charge is 2.22. The molecule has 0 radical (unpaired) electrons. The van der Waals surface area contributed by atoms with Crippen LogP contribution in [0.5, 0.6) is 11.5 Å². The van der Waals surface area contributed by atoms with E-state index in [1.807, 2.05) is 6.07 Å². The lowest BCUT2D eigenvalue weighted by Gasteiger charge is -2.24. The Morgan fingerprint density at radius 1 is 1.24 bits per heavy atom. The summed E-state index contributed by atoms with van der Waals surface area (Å²) >= 11 is 0. The van der Waals surface area contributed by atoms with Crippen LogP contribution in [0.2, 0.25) is 0 Å². The SMILES string of the molecule is CC[C@H](N[C@@H]1C=C[C@H](CO)C1)c1ccc2c(c1)OCCO2. The van der Waals surface area contributed by atoms with Gasteiger partial charge in [-0.15, -0.1) is 0 Å². The van der Waals surface area contributed by atoms with Gasteiger partial charge in [-0.2, -0.15) is 0 Å². The molecule has 21 heavy (non-hydrogen) atoms. The van der Waals surface area contributed by atoms with Crippen LogP contribution in [0.25, 0.3) is 0 Å². The van der Waals surface area contributed by atoms with Gasteiger partial charge in [0, 0.05) is 24.6 Å². The molecule has 1 aromatic carbocycles. The maximum absolute atomic E-state index is 9.22. The van der Waals surface area contributed by atoms with Crippen LogP contribution in [0.15, 0.2) is 30.4 Å². The molecule has 0 saturated heterocycles. The summed E-state index contributed by atoms with van der Waals surface area (Å²) in [6.07, 6.45) is 6.25. The minimum Gasteiger partial charge on any atom is -0.486 e. The summed E-state index contributed by atoms with van der Waals surface area (Å²) < 4.78 is 11.2. The van der Waals surface area contributed by atoms with E-state index in [9.17, 15) is 5.11 Å². The Morgan fingerprint density at radius 2 is 2.05 bits per heavy atom. The lowest BCUT2D eigenvalue weighted by molar-refractivity contribution is 0.171. The van der Waals surface area contributed by atoms with Gasteiger partial charge in [0.25, 0.3) is 0 Å². The van der Waals surface area contributed by atoms with Crippen molar-refractivity contribution in [2.24, 2.45) is 5.92 Å². The zero-order valence-electron chi connectivity index (χ0n) is 12.4. The summed E-state index contributed by atoms with van der Waals surface area (Å²) in [6.45, 7) is 3.65. The average molecular weight is 289 g/mol. The summed E-state index contributed by atoms with van der Waals surface area (Å²) in [5.41, 5.74) is 1.22. The molecule has 1 aliphatic heterocycles. The highest BCUT2D eigenvalue weighted by Crippen LogP contribution is 2.33. The van der Waals surface area contributed by atoms with E-state index in [0.29, 0.717) is 25.2 Å². The summed E-state index contributed by atoms with van der Waals surface area (Å²) in [5.74, 6) is 1.97. The van der Waals surface area contributed by atoms with E-state index in [2.05, 4.69) is 36.5 Å². The van der Waals surface area contributed by atoms with Gasteiger partial charge < -0.3 is 19.9 Å². The molecule has 0 amide bonds. The quantitative estimate of drug-likeness (QED) is 0.818. The van der Waals surface area contributed by atoms with Crippen LogP contribution < -0.4 is 14.8 Å². The Hall–Kier alpha value is -1.52. The zero-order valence-corrected chi connectivity index (χ0v) is 12.4. The van der Waals surface area contributed by atoms with E-state index in [1.54, 1.807) is 0 Å². The molecule has 3 atom stereocenters. The molecular weight excluding hydrogens is 266 g/mol. The molecule has 114 valence electrons. The topological polar surface area (TPSA) is 50.7 Å². The first-order valence-corrected chi connectivity index (χ1v) is 7.75. The second-order valence-electron chi connectivity index (χ2n) is 5.70. The minimum atomic E-state index is 0.232. The van der Waals surface area contributed by atoms with Crippen LogP contribution in [-0.2, 0) is 0 Å². The standard InChI is InChI=1S/C17H23NO3/c1-2-15(18-14-5-3-12(9-14)11-19)13-4-6-16-17(10-13)21-8-7-20-16/h3-6,10,12,14-15,18-19H,2,7-9,11H2,1H3/t12-,14+,15-/m0/s1. The van der Waals surface area contributed by atoms with Crippen molar-refractivity contribution < 1.29 is 14.6 Å². The van der Waals surface area contributed by atoms with Gasteiger partial charge in [-0.3, -0.25) is 0 Å². The number of fused-ring (bicyclic) bond motifs is 1. The Morgan fingerprint density at radius 3 is 2.76 bits per heavy atom. The van der Waals surface area contributed by atoms with E-state index >= 15 is 0 Å². The molecule has 4 heteroatoms. The Bertz CT molecular complexity index is 515. The molecule has 2 aliphatic rings. The zero-order chi connectivity index (χ0) is 14.7. The van der Waals surface area contributed by atoms with Gasteiger partial charge in [0.05, 0.1) is 0 Å². The van der Waals surface area contributed by atoms with Crippen LogP contribution in [0.4, 0.5) is 0 Å². The smallest absolute Gasteiger partial charge is 0.161 e. The molecule has 1 heterocycles. The number of hydrogen-bond donors (Lipinski definition) is 2. The van der Waals surface area contributed by atoms with Crippen molar-refractivity contribution in [1.29, 1.82) is 0 Å². The second-order valence-corrected chi connectivity index (χ2v) is 5.70. The van der Waals surface area contributed by atoms with E-state index in [1.165, 1.54) is 5.56 Å². The first-order chi connectivity index (χ1) is 10.3. The Balaban J connectivity index is 1.70. The van der Waals surface area contributed by atoms with E-state index in [0.717, 1.165) is 24.3 Å². The molecule has 0 bridgehead atoms. The third-order valence-electron chi connectivity index (χ3n) is 4.20. The van der Waals surface area contributed by atoms with Crippen molar-refractivity contribution in [3.05, 3.63) is 35.9 Å². The lowest BCUT2D eigenvalue weighted by atomic mass is 10.0. The fourth-order valence-electron chi connectivity index (χ4n) is 3.02. The van der Waals surface area contributed by atoms with Crippen molar-refractivity contribution in [3.63, 3.8) is 0 Å². The van der Waals surface area contributed by atoms with Gasteiger partial charge in [0.1, 0.15) is 13.2 Å². The van der Waals surface area contributed by atoms with Gasteiger partial charge in [0.15, 0.2) is 11.5 Å². The molecule has 0 unspecified atom stereocenters. The van der Waals surface area contributed by atoms with Crippen LogP contribution in [0.1, 0.15) is 31.4 Å². The molecule has 1 aliphatic carbocycles. The van der Waals surface area contributed by atoms with Gasteiger partial charge in [0.2, 0.25) is 0 Å². The highest BCUT2D eigenvalue weighted by atomic mass is 16.6. The van der Waals surface area contributed by atoms with Crippen molar-refractivity contribution in [3.8, 4) is 11.5 Å². The molecule has 0 fully saturated rings. The third-order valence-corrected chi connectivity index (χ3v) is 4.20. The molecule has 4 nitrogen and oxygen atoms in total. The van der Waals surface area contributed by atoms with Gasteiger partial charge >= 0.3 is 0 Å². The minimum absolute atomic E-state index is 0.232. The third kappa shape index (κ3) is 3.22. The maximum Gasteiger partial charge on any atom is 0.161 e. The summed E-state index contributed by atoms with van der Waals surface area (Å²) in [6, 6.07) is 6.80. The number of hydrogen-bond acceptors (Lipinski definition) is 4. The Labute approximate surface area is 125 Å². The van der Waals surface area contributed by atoms with E-state index in [4.69, 9.17) is 9.47 Å². The predicted octanol–water partition coefficient (Wildman–Crippen LogP) is 2.44. The van der Waals surface area contributed by atoms with Crippen LogP contribution in [-0.4, -0.2) is 31.0 Å². The fraction of sp³-hybridized carbons (Fsp3) is 0.529. The fourth-order valence-corrected chi connectivity index (χ4v) is 3.02. The number of rotatable bonds is 5. The molecule has 2 N–H and O–H groups in total. The summed E-state index contributed by atoms with van der Waals surface area (Å²) in [4.78, 5) is 0. The van der Waals surface area contributed by atoms with Crippen molar-refractivity contribution in [2.45, 2.75) is 31.8 Å². The number of aliphatic hydroxyl groups excluding tert-OH is 1. The van der Waals surface area contributed by atoms with E-state index < -0.39 is 0 Å². The first-order valence-electron chi connectivity index (χ1n) is 7.75. The van der Waals surface area contributed by atoms with Crippen molar-refractivity contribution in [2.75, 3.05) is 19.8 Å². The van der Waals surface area contributed by atoms with Gasteiger partial charge in [-0.25, -0.2) is 0 Å². The van der Waals surface area contributed by atoms with Crippen LogP contribution in [0.3, 0.4) is 0 Å². The molecule has 3 rings (SSSR count). The maximum atomic E-state index is 9.22. The highest BCUT2D eigenvalue weighted by molar-refractivity contribution is 5.44. The van der Waals surface area contributed by atoms with Crippen molar-refractivity contribution in [1.82, 2.24) is 5.32 Å². The molecule has 1 aromatic rings.